The van der Waals surface area contributed by atoms with Crippen molar-refractivity contribution in [2.75, 3.05) is 7.11 Å². The van der Waals surface area contributed by atoms with Gasteiger partial charge in [-0.3, -0.25) is 0 Å². The van der Waals surface area contributed by atoms with Crippen molar-refractivity contribution in [1.29, 1.82) is 0 Å². The van der Waals surface area contributed by atoms with E-state index in [-0.39, 0.29) is 5.57 Å². The van der Waals surface area contributed by atoms with Crippen LogP contribution in [0.2, 0.25) is 0 Å². The number of esters is 1. The van der Waals surface area contributed by atoms with Crippen LogP contribution in [-0.2, 0) is 9.53 Å². The summed E-state index contributed by atoms with van der Waals surface area (Å²) in [6, 6.07) is 17.1. The normalized spacial score (nSPS) is 11.5. The largest absolute Gasteiger partial charge is 0.481 e. The summed E-state index contributed by atoms with van der Waals surface area (Å²) in [6.07, 6.45) is -0.569. The van der Waals surface area contributed by atoms with E-state index < -0.39 is 12.1 Å². The maximum atomic E-state index is 11.8. The molecule has 21 heavy (non-hydrogen) atoms. The number of methoxy groups -OCH3 is 1. The highest BCUT2D eigenvalue weighted by Gasteiger charge is 2.23. The third kappa shape index (κ3) is 3.72. The number of hydrogen-bond acceptors (Lipinski definition) is 3. The predicted molar refractivity (Wildman–Crippen MR) is 82.1 cm³/mol. The summed E-state index contributed by atoms with van der Waals surface area (Å²) in [7, 11) is 1.34. The van der Waals surface area contributed by atoms with Gasteiger partial charge in [-0.1, -0.05) is 54.6 Å². The van der Waals surface area contributed by atoms with Crippen LogP contribution in [0.25, 0.3) is 0 Å². The average molecular weight is 282 g/mol. The van der Waals surface area contributed by atoms with Gasteiger partial charge in [0.1, 0.15) is 5.75 Å². The monoisotopic (exact) mass is 282 g/mol. The summed E-state index contributed by atoms with van der Waals surface area (Å²) in [4.78, 5) is 11.8. The number of carbonyl (C=O) groups is 1. The van der Waals surface area contributed by atoms with Crippen molar-refractivity contribution in [2.45, 2.75) is 13.0 Å². The van der Waals surface area contributed by atoms with E-state index in [0.29, 0.717) is 5.75 Å². The summed E-state index contributed by atoms with van der Waals surface area (Å²) in [5, 5.41) is 0. The van der Waals surface area contributed by atoms with Crippen LogP contribution < -0.4 is 4.74 Å². The molecule has 2 rings (SSSR count). The third-order valence-corrected chi connectivity index (χ3v) is 3.14. The molecule has 1 atom stereocenters. The summed E-state index contributed by atoms with van der Waals surface area (Å²) in [5.74, 6) is 0.199. The van der Waals surface area contributed by atoms with Gasteiger partial charge in [-0.05, 0) is 24.6 Å². The zero-order valence-corrected chi connectivity index (χ0v) is 12.2. The highest BCUT2D eigenvalue weighted by atomic mass is 16.5. The Kier molecular flexibility index (Phi) is 4.77. The Morgan fingerprint density at radius 2 is 1.67 bits per heavy atom. The van der Waals surface area contributed by atoms with E-state index in [1.165, 1.54) is 7.11 Å². The molecule has 2 aromatic carbocycles. The molecule has 0 spiro atoms. The van der Waals surface area contributed by atoms with Gasteiger partial charge in [0.05, 0.1) is 12.7 Å². The Morgan fingerprint density at radius 3 is 2.24 bits per heavy atom. The van der Waals surface area contributed by atoms with Crippen molar-refractivity contribution in [1.82, 2.24) is 0 Å². The van der Waals surface area contributed by atoms with Crippen LogP contribution in [0.3, 0.4) is 0 Å². The van der Waals surface area contributed by atoms with Crippen LogP contribution in [0.5, 0.6) is 5.75 Å². The Balaban J connectivity index is 2.32. The lowest BCUT2D eigenvalue weighted by Crippen LogP contribution is -2.17. The zero-order valence-electron chi connectivity index (χ0n) is 12.2. The molecule has 0 aliphatic rings. The van der Waals surface area contributed by atoms with Crippen LogP contribution in [-0.4, -0.2) is 13.1 Å². The van der Waals surface area contributed by atoms with E-state index in [2.05, 4.69) is 6.58 Å². The number of carbonyl (C=O) groups excluding carboxylic acids is 1. The SMILES string of the molecule is C=C(C(=O)OC)C(Oc1ccccc1)c1ccc(C)cc1. The Hall–Kier alpha value is -2.55. The molecule has 0 bridgehead atoms. The lowest BCUT2D eigenvalue weighted by atomic mass is 10.0. The second-order valence-electron chi connectivity index (χ2n) is 4.74. The summed E-state index contributed by atoms with van der Waals surface area (Å²) in [6.45, 7) is 5.83. The van der Waals surface area contributed by atoms with Gasteiger partial charge in [-0.15, -0.1) is 0 Å². The van der Waals surface area contributed by atoms with Crippen LogP contribution in [0.1, 0.15) is 17.2 Å². The van der Waals surface area contributed by atoms with E-state index in [1.807, 2.05) is 61.5 Å². The number of aryl methyl sites for hydroxylation is 1. The average Bonchev–Trinajstić information content (AvgIpc) is 2.53. The van der Waals surface area contributed by atoms with Crippen molar-refractivity contribution >= 4 is 5.97 Å². The van der Waals surface area contributed by atoms with Crippen molar-refractivity contribution in [2.24, 2.45) is 0 Å². The fraction of sp³-hybridized carbons (Fsp3) is 0.167. The minimum Gasteiger partial charge on any atom is -0.481 e. The maximum Gasteiger partial charge on any atom is 0.337 e. The molecule has 0 amide bonds. The molecule has 0 radical (unpaired) electrons. The number of ether oxygens (including phenoxy) is 2. The Bertz CT molecular complexity index is 615. The lowest BCUT2D eigenvalue weighted by molar-refractivity contribution is -0.137. The molecule has 3 nitrogen and oxygen atoms in total. The highest BCUT2D eigenvalue weighted by Crippen LogP contribution is 2.28. The summed E-state index contributed by atoms with van der Waals surface area (Å²) >= 11 is 0. The summed E-state index contributed by atoms with van der Waals surface area (Å²) < 4.78 is 10.7. The van der Waals surface area contributed by atoms with Crippen molar-refractivity contribution in [3.8, 4) is 5.75 Å². The van der Waals surface area contributed by atoms with Gasteiger partial charge in [-0.2, -0.15) is 0 Å². The van der Waals surface area contributed by atoms with Gasteiger partial charge in [0, 0.05) is 0 Å². The molecule has 0 fully saturated rings. The maximum absolute atomic E-state index is 11.8. The molecule has 0 N–H and O–H groups in total. The highest BCUT2D eigenvalue weighted by molar-refractivity contribution is 5.89. The van der Waals surface area contributed by atoms with Crippen LogP contribution in [0.15, 0.2) is 66.7 Å². The fourth-order valence-electron chi connectivity index (χ4n) is 1.95. The zero-order chi connectivity index (χ0) is 15.2. The van der Waals surface area contributed by atoms with Gasteiger partial charge in [-0.25, -0.2) is 4.79 Å². The molecule has 0 heterocycles. The van der Waals surface area contributed by atoms with Crippen molar-refractivity contribution in [3.05, 3.63) is 77.9 Å². The molecule has 0 saturated carbocycles. The van der Waals surface area contributed by atoms with Gasteiger partial charge < -0.3 is 9.47 Å². The van der Waals surface area contributed by atoms with Gasteiger partial charge in [0.15, 0.2) is 6.10 Å². The Labute approximate surface area is 124 Å². The second-order valence-corrected chi connectivity index (χ2v) is 4.74. The number of hydrogen-bond donors (Lipinski definition) is 0. The standard InChI is InChI=1S/C18H18O3/c1-13-9-11-15(12-10-13)17(14(2)18(19)20-3)21-16-7-5-4-6-8-16/h4-12,17H,2H2,1,3H3. The first-order valence-electron chi connectivity index (χ1n) is 6.67. The first-order chi connectivity index (χ1) is 10.1. The molecule has 1 unspecified atom stereocenters. The molecule has 0 aromatic heterocycles. The van der Waals surface area contributed by atoms with Crippen LogP contribution >= 0.6 is 0 Å². The van der Waals surface area contributed by atoms with Gasteiger partial charge >= 0.3 is 5.97 Å². The minimum atomic E-state index is -0.569. The number of para-hydroxylation sites is 1. The van der Waals surface area contributed by atoms with E-state index in [1.54, 1.807) is 0 Å². The van der Waals surface area contributed by atoms with E-state index in [4.69, 9.17) is 9.47 Å². The third-order valence-electron chi connectivity index (χ3n) is 3.14. The molecule has 0 saturated heterocycles. The predicted octanol–water partition coefficient (Wildman–Crippen LogP) is 3.84. The minimum absolute atomic E-state index is 0.269. The smallest absolute Gasteiger partial charge is 0.337 e. The second kappa shape index (κ2) is 6.75. The van der Waals surface area contributed by atoms with E-state index >= 15 is 0 Å². The van der Waals surface area contributed by atoms with E-state index in [9.17, 15) is 4.79 Å². The molecule has 0 aliphatic heterocycles. The molecular weight excluding hydrogens is 264 g/mol. The van der Waals surface area contributed by atoms with Gasteiger partial charge in [0.2, 0.25) is 0 Å². The molecule has 0 aliphatic carbocycles. The van der Waals surface area contributed by atoms with Gasteiger partial charge in [0.25, 0.3) is 0 Å². The molecule has 108 valence electrons. The van der Waals surface area contributed by atoms with E-state index in [0.717, 1.165) is 11.1 Å². The molecular formula is C18H18O3. The first kappa shape index (κ1) is 14.9. The fourth-order valence-corrected chi connectivity index (χ4v) is 1.95. The quantitative estimate of drug-likeness (QED) is 0.617. The molecule has 3 heteroatoms. The lowest BCUT2D eigenvalue weighted by Gasteiger charge is -2.20. The van der Waals surface area contributed by atoms with Crippen LogP contribution in [0, 0.1) is 6.92 Å². The van der Waals surface area contributed by atoms with Crippen LogP contribution in [0.4, 0.5) is 0 Å². The summed E-state index contributed by atoms with van der Waals surface area (Å²) in [5.41, 5.74) is 2.27. The number of rotatable bonds is 5. The first-order valence-corrected chi connectivity index (χ1v) is 6.67. The Morgan fingerprint density at radius 1 is 1.05 bits per heavy atom. The van der Waals surface area contributed by atoms with Crippen molar-refractivity contribution in [3.63, 3.8) is 0 Å². The number of benzene rings is 2. The molecule has 2 aromatic rings. The topological polar surface area (TPSA) is 35.5 Å². The van der Waals surface area contributed by atoms with Crippen molar-refractivity contribution < 1.29 is 14.3 Å².